The lowest BCUT2D eigenvalue weighted by Crippen LogP contribution is -2.44. The van der Waals surface area contributed by atoms with E-state index in [0.717, 1.165) is 29.0 Å². The minimum Gasteiger partial charge on any atom is -0.377 e. The molecule has 1 aliphatic rings. The van der Waals surface area contributed by atoms with Gasteiger partial charge in [-0.05, 0) is 31.2 Å². The van der Waals surface area contributed by atoms with Gasteiger partial charge < -0.3 is 15.4 Å². The van der Waals surface area contributed by atoms with Crippen LogP contribution < -0.4 is 10.6 Å². The summed E-state index contributed by atoms with van der Waals surface area (Å²) in [6.07, 6.45) is 3.12. The van der Waals surface area contributed by atoms with Crippen LogP contribution in [0.25, 0.3) is 22.3 Å². The van der Waals surface area contributed by atoms with Crippen molar-refractivity contribution in [2.24, 2.45) is 5.73 Å². The Labute approximate surface area is 150 Å². The molecule has 3 aromatic heterocycles. The molecule has 4 heterocycles. The van der Waals surface area contributed by atoms with Gasteiger partial charge in [0.15, 0.2) is 5.65 Å². The number of hydrogen-bond donors (Lipinski definition) is 1. The molecule has 8 heteroatoms. The molecule has 0 aliphatic carbocycles. The number of ether oxygens (including phenoxy) is 1. The summed E-state index contributed by atoms with van der Waals surface area (Å²) in [6, 6.07) is 7.48. The van der Waals surface area contributed by atoms with Gasteiger partial charge in [-0.25, -0.2) is 15.0 Å². The first-order valence-electron chi connectivity index (χ1n) is 8.36. The van der Waals surface area contributed by atoms with Crippen LogP contribution in [0.5, 0.6) is 0 Å². The second kappa shape index (κ2) is 6.64. The lowest BCUT2D eigenvalue weighted by atomic mass is 10.1. The van der Waals surface area contributed by atoms with Gasteiger partial charge in [-0.2, -0.15) is 0 Å². The minimum absolute atomic E-state index is 0.223. The topological polar surface area (TPSA) is 107 Å². The van der Waals surface area contributed by atoms with Crippen molar-refractivity contribution in [1.29, 1.82) is 0 Å². The monoisotopic (exact) mass is 350 g/mol. The summed E-state index contributed by atoms with van der Waals surface area (Å²) in [7, 11) is 0. The lowest BCUT2D eigenvalue weighted by molar-refractivity contribution is 0.0986. The average molecular weight is 350 g/mol. The number of nitrogens with two attached hydrogens (primary N) is 1. The fourth-order valence-electron chi connectivity index (χ4n) is 3.05. The Morgan fingerprint density at radius 3 is 2.85 bits per heavy atom. The summed E-state index contributed by atoms with van der Waals surface area (Å²) in [5.41, 5.74) is 7.58. The zero-order valence-electron chi connectivity index (χ0n) is 14.3. The van der Waals surface area contributed by atoms with Crippen molar-refractivity contribution in [2.75, 3.05) is 24.7 Å². The van der Waals surface area contributed by atoms with E-state index in [4.69, 9.17) is 10.5 Å². The van der Waals surface area contributed by atoms with E-state index >= 15 is 0 Å². The molecule has 0 radical (unpaired) electrons. The van der Waals surface area contributed by atoms with Gasteiger partial charge in [-0.15, -0.1) is 0 Å². The van der Waals surface area contributed by atoms with E-state index in [-0.39, 0.29) is 11.7 Å². The van der Waals surface area contributed by atoms with E-state index in [1.54, 1.807) is 18.3 Å². The third kappa shape index (κ3) is 2.95. The van der Waals surface area contributed by atoms with Crippen molar-refractivity contribution in [3.8, 4) is 11.3 Å². The summed E-state index contributed by atoms with van der Waals surface area (Å²) >= 11 is 0. The molecule has 26 heavy (non-hydrogen) atoms. The Kier molecular flexibility index (Phi) is 4.18. The van der Waals surface area contributed by atoms with Gasteiger partial charge in [0.05, 0.1) is 30.3 Å². The van der Waals surface area contributed by atoms with E-state index < -0.39 is 5.91 Å². The number of carbonyl (C=O) groups is 1. The van der Waals surface area contributed by atoms with Gasteiger partial charge in [0, 0.05) is 18.3 Å². The van der Waals surface area contributed by atoms with Gasteiger partial charge >= 0.3 is 0 Å². The standard InChI is InChI=1S/C18H18N6O2/c1-11-9-26-7-6-24(11)18-13-3-5-14(23-17(13)21-10-22-18)12-2-4-15(16(19)25)20-8-12/h2-5,8,10-11H,6-7,9H2,1H3,(H2,19,25). The van der Waals surface area contributed by atoms with Crippen molar-refractivity contribution in [3.63, 3.8) is 0 Å². The summed E-state index contributed by atoms with van der Waals surface area (Å²) in [5.74, 6) is 0.312. The Morgan fingerprint density at radius 2 is 2.12 bits per heavy atom. The fourth-order valence-corrected chi connectivity index (χ4v) is 3.05. The minimum atomic E-state index is -0.556. The predicted octanol–water partition coefficient (Wildman–Crippen LogP) is 1.41. The second-order valence-electron chi connectivity index (χ2n) is 6.18. The molecular weight excluding hydrogens is 332 g/mol. The van der Waals surface area contributed by atoms with Crippen LogP contribution in [0.15, 0.2) is 36.8 Å². The number of nitrogens with zero attached hydrogens (tertiary/aromatic N) is 5. The highest BCUT2D eigenvalue weighted by Gasteiger charge is 2.22. The van der Waals surface area contributed by atoms with E-state index in [0.29, 0.717) is 18.9 Å². The van der Waals surface area contributed by atoms with Crippen LogP contribution in [0.2, 0.25) is 0 Å². The first-order valence-corrected chi connectivity index (χ1v) is 8.36. The number of rotatable bonds is 3. The normalized spacial score (nSPS) is 17.4. The van der Waals surface area contributed by atoms with Gasteiger partial charge in [-0.1, -0.05) is 0 Å². The molecule has 1 fully saturated rings. The number of amides is 1. The van der Waals surface area contributed by atoms with Crippen molar-refractivity contribution < 1.29 is 9.53 Å². The van der Waals surface area contributed by atoms with Crippen LogP contribution in [0.3, 0.4) is 0 Å². The molecule has 0 spiro atoms. The number of anilines is 1. The molecule has 1 amide bonds. The van der Waals surface area contributed by atoms with Gasteiger partial charge in [0.25, 0.3) is 5.91 Å². The maximum absolute atomic E-state index is 11.2. The molecule has 1 unspecified atom stereocenters. The molecule has 0 aromatic carbocycles. The van der Waals surface area contributed by atoms with Gasteiger partial charge in [0.2, 0.25) is 0 Å². The molecule has 2 N–H and O–H groups in total. The van der Waals surface area contributed by atoms with Gasteiger partial charge in [0.1, 0.15) is 17.8 Å². The lowest BCUT2D eigenvalue weighted by Gasteiger charge is -2.34. The number of carbonyl (C=O) groups excluding carboxylic acids is 1. The van der Waals surface area contributed by atoms with E-state index in [1.807, 2.05) is 12.1 Å². The Morgan fingerprint density at radius 1 is 1.23 bits per heavy atom. The van der Waals surface area contributed by atoms with E-state index in [2.05, 4.69) is 31.8 Å². The summed E-state index contributed by atoms with van der Waals surface area (Å²) in [6.45, 7) is 4.25. The zero-order valence-corrected chi connectivity index (χ0v) is 14.3. The highest BCUT2D eigenvalue weighted by Crippen LogP contribution is 2.27. The highest BCUT2D eigenvalue weighted by molar-refractivity contribution is 5.91. The first kappa shape index (κ1) is 16.3. The molecule has 3 aromatic rings. The molecule has 1 aliphatic heterocycles. The number of fused-ring (bicyclic) bond motifs is 1. The molecule has 4 rings (SSSR count). The maximum Gasteiger partial charge on any atom is 0.267 e. The van der Waals surface area contributed by atoms with Crippen molar-refractivity contribution in [1.82, 2.24) is 19.9 Å². The number of aromatic nitrogens is 4. The Balaban J connectivity index is 1.73. The number of hydrogen-bond acceptors (Lipinski definition) is 7. The quantitative estimate of drug-likeness (QED) is 0.761. The second-order valence-corrected chi connectivity index (χ2v) is 6.18. The highest BCUT2D eigenvalue weighted by atomic mass is 16.5. The fraction of sp³-hybridized carbons (Fsp3) is 0.278. The number of pyridine rings is 2. The van der Waals surface area contributed by atoms with Crippen LogP contribution in [-0.2, 0) is 4.74 Å². The first-order chi connectivity index (χ1) is 12.6. The SMILES string of the molecule is CC1COCCN1c1ncnc2nc(-c3ccc(C(N)=O)nc3)ccc12. The number of morpholine rings is 1. The van der Waals surface area contributed by atoms with Crippen molar-refractivity contribution in [2.45, 2.75) is 13.0 Å². The van der Waals surface area contributed by atoms with Crippen molar-refractivity contribution >= 4 is 22.8 Å². The Hall–Kier alpha value is -3.13. The third-order valence-corrected chi connectivity index (χ3v) is 4.43. The largest absolute Gasteiger partial charge is 0.377 e. The van der Waals surface area contributed by atoms with Crippen molar-refractivity contribution in [3.05, 3.63) is 42.5 Å². The molecule has 1 atom stereocenters. The van der Waals surface area contributed by atoms with Crippen LogP contribution in [0.1, 0.15) is 17.4 Å². The molecule has 0 bridgehead atoms. The molecule has 132 valence electrons. The van der Waals surface area contributed by atoms with E-state index in [9.17, 15) is 4.79 Å². The summed E-state index contributed by atoms with van der Waals surface area (Å²) in [4.78, 5) is 30.9. The van der Waals surface area contributed by atoms with E-state index in [1.165, 1.54) is 6.33 Å². The maximum atomic E-state index is 11.2. The van der Waals surface area contributed by atoms with Crippen LogP contribution in [0.4, 0.5) is 5.82 Å². The van der Waals surface area contributed by atoms with Crippen LogP contribution in [-0.4, -0.2) is 51.6 Å². The smallest absolute Gasteiger partial charge is 0.267 e. The Bertz CT molecular complexity index is 960. The zero-order chi connectivity index (χ0) is 18.1. The summed E-state index contributed by atoms with van der Waals surface area (Å²) < 4.78 is 5.51. The predicted molar refractivity (Wildman–Crippen MR) is 96.7 cm³/mol. The molecular formula is C18H18N6O2. The van der Waals surface area contributed by atoms with Gasteiger partial charge in [-0.3, -0.25) is 9.78 Å². The van der Waals surface area contributed by atoms with Crippen LogP contribution >= 0.6 is 0 Å². The third-order valence-electron chi connectivity index (χ3n) is 4.43. The molecule has 0 saturated carbocycles. The van der Waals surface area contributed by atoms with Crippen LogP contribution in [0, 0.1) is 0 Å². The molecule has 8 nitrogen and oxygen atoms in total. The summed E-state index contributed by atoms with van der Waals surface area (Å²) in [5, 5.41) is 0.895. The average Bonchev–Trinajstić information content (AvgIpc) is 2.67. The molecule has 1 saturated heterocycles. The number of primary amides is 1.